The van der Waals surface area contributed by atoms with Crippen LogP contribution in [0.1, 0.15) is 34.9 Å². The molecule has 3 aromatic heterocycles. The normalized spacial score (nSPS) is 19.1. The van der Waals surface area contributed by atoms with Crippen LogP contribution in [0, 0.1) is 0 Å². The van der Waals surface area contributed by atoms with Crippen LogP contribution in [-0.4, -0.2) is 11.0 Å². The molecule has 1 aromatic carbocycles. The van der Waals surface area contributed by atoms with Gasteiger partial charge in [0.1, 0.15) is 5.15 Å². The Morgan fingerprint density at radius 2 is 2.00 bits per heavy atom. The second-order valence-electron chi connectivity index (χ2n) is 7.51. The fourth-order valence-corrected chi connectivity index (χ4v) is 6.54. The average molecular weight is 440 g/mol. The number of rotatable bonds is 5. The van der Waals surface area contributed by atoms with E-state index in [0.717, 1.165) is 30.6 Å². The smallest absolute Gasteiger partial charge is 0.131 e. The number of nitrogens with zero attached hydrogens (tertiary/aromatic N) is 1. The van der Waals surface area contributed by atoms with Crippen LogP contribution < -0.4 is 11.1 Å². The van der Waals surface area contributed by atoms with E-state index in [1.807, 2.05) is 23.5 Å². The van der Waals surface area contributed by atoms with Crippen LogP contribution in [0.5, 0.6) is 0 Å². The Morgan fingerprint density at radius 1 is 1.14 bits per heavy atom. The van der Waals surface area contributed by atoms with Gasteiger partial charge < -0.3 is 11.1 Å². The molecule has 4 aromatic rings. The van der Waals surface area contributed by atoms with Crippen LogP contribution in [0.4, 0.5) is 5.69 Å². The van der Waals surface area contributed by atoms with Crippen molar-refractivity contribution in [2.24, 2.45) is 5.73 Å². The van der Waals surface area contributed by atoms with Crippen LogP contribution >= 0.6 is 34.3 Å². The number of hydrogen-bond acceptors (Lipinski definition) is 5. The molecule has 0 aliphatic heterocycles. The average Bonchev–Trinajstić information content (AvgIpc) is 3.46. The minimum Gasteiger partial charge on any atom is -0.379 e. The Balaban J connectivity index is 1.67. The quantitative estimate of drug-likeness (QED) is 0.333. The Bertz CT molecular complexity index is 1120. The molecular weight excluding hydrogens is 418 g/mol. The fourth-order valence-electron chi connectivity index (χ4n) is 4.24. The van der Waals surface area contributed by atoms with Gasteiger partial charge >= 0.3 is 0 Å². The number of pyridine rings is 1. The largest absolute Gasteiger partial charge is 0.379 e. The molecule has 3 heterocycles. The molecule has 1 fully saturated rings. The van der Waals surface area contributed by atoms with Crippen LogP contribution in [0.2, 0.25) is 5.15 Å². The molecule has 0 spiro atoms. The maximum absolute atomic E-state index is 6.52. The molecule has 1 aliphatic rings. The lowest BCUT2D eigenvalue weighted by molar-refractivity contribution is 0.623. The predicted octanol–water partition coefficient (Wildman–Crippen LogP) is 6.89. The fraction of sp³-hybridized carbons (Fsp3) is 0.261. The van der Waals surface area contributed by atoms with E-state index in [4.69, 9.17) is 22.3 Å². The minimum atomic E-state index is 0.212. The number of halogens is 1. The summed E-state index contributed by atoms with van der Waals surface area (Å²) in [5.74, 6) is 0.383. The highest BCUT2D eigenvalue weighted by Gasteiger charge is 2.31. The van der Waals surface area contributed by atoms with Gasteiger partial charge in [0.2, 0.25) is 0 Å². The lowest BCUT2D eigenvalue weighted by atomic mass is 9.94. The second kappa shape index (κ2) is 8.07. The summed E-state index contributed by atoms with van der Waals surface area (Å²) < 4.78 is 1.17. The predicted molar refractivity (Wildman–Crippen MR) is 126 cm³/mol. The summed E-state index contributed by atoms with van der Waals surface area (Å²) in [5.41, 5.74) is 10.9. The van der Waals surface area contributed by atoms with Crippen molar-refractivity contribution in [1.82, 2.24) is 4.98 Å². The Morgan fingerprint density at radius 3 is 2.72 bits per heavy atom. The third-order valence-electron chi connectivity index (χ3n) is 5.64. The van der Waals surface area contributed by atoms with E-state index in [2.05, 4.69) is 47.1 Å². The molecule has 3 N–H and O–H groups in total. The van der Waals surface area contributed by atoms with E-state index in [1.54, 1.807) is 11.3 Å². The summed E-state index contributed by atoms with van der Waals surface area (Å²) in [6, 6.07) is 16.9. The molecule has 0 amide bonds. The van der Waals surface area contributed by atoms with E-state index in [0.29, 0.717) is 11.1 Å². The van der Waals surface area contributed by atoms with E-state index in [1.165, 1.54) is 32.0 Å². The minimum absolute atomic E-state index is 0.212. The molecule has 2 atom stereocenters. The number of benzene rings is 1. The highest BCUT2D eigenvalue weighted by molar-refractivity contribution is 7.20. The van der Waals surface area contributed by atoms with Gasteiger partial charge in [-0.05, 0) is 29.9 Å². The molecule has 1 saturated carbocycles. The topological polar surface area (TPSA) is 50.9 Å². The summed E-state index contributed by atoms with van der Waals surface area (Å²) in [6.45, 7) is 0.782. The molecule has 29 heavy (non-hydrogen) atoms. The molecule has 148 valence electrons. The lowest BCUT2D eigenvalue weighted by Crippen LogP contribution is -2.22. The first-order chi connectivity index (χ1) is 14.2. The standard InChI is InChI=1S/C23H22ClN3S2/c24-19-12-18(26-13-15-8-5-11-28-15)23-21(27-19)20(14-6-2-1-3-7-14)22(29-23)16-9-4-10-17(16)25/h1-3,5-8,11-12,16-17H,4,9-10,13,25H2,(H,26,27)/t16-,17-/m1/s1. The van der Waals surface area contributed by atoms with Crippen LogP contribution in [0.25, 0.3) is 21.3 Å². The molecule has 0 unspecified atom stereocenters. The number of anilines is 1. The zero-order valence-electron chi connectivity index (χ0n) is 15.9. The zero-order chi connectivity index (χ0) is 19.8. The van der Waals surface area contributed by atoms with Gasteiger partial charge in [0.05, 0.1) is 15.9 Å². The van der Waals surface area contributed by atoms with Gasteiger partial charge in [0, 0.05) is 39.9 Å². The number of thiophene rings is 2. The van der Waals surface area contributed by atoms with Gasteiger partial charge in [-0.3, -0.25) is 0 Å². The summed E-state index contributed by atoms with van der Waals surface area (Å²) in [4.78, 5) is 7.42. The van der Waals surface area contributed by atoms with Crippen molar-refractivity contribution in [2.75, 3.05) is 5.32 Å². The van der Waals surface area contributed by atoms with Crippen LogP contribution in [-0.2, 0) is 6.54 Å². The number of hydrogen-bond donors (Lipinski definition) is 2. The highest BCUT2D eigenvalue weighted by atomic mass is 35.5. The maximum atomic E-state index is 6.52. The number of nitrogens with two attached hydrogens (primary N) is 1. The van der Waals surface area contributed by atoms with Gasteiger partial charge in [-0.15, -0.1) is 22.7 Å². The van der Waals surface area contributed by atoms with E-state index >= 15 is 0 Å². The third-order valence-corrected chi connectivity index (χ3v) is 8.05. The number of fused-ring (bicyclic) bond motifs is 1. The molecule has 0 radical (unpaired) electrons. The third kappa shape index (κ3) is 3.68. The van der Waals surface area contributed by atoms with Gasteiger partial charge in [0.25, 0.3) is 0 Å². The zero-order valence-corrected chi connectivity index (χ0v) is 18.3. The second-order valence-corrected chi connectivity index (χ2v) is 9.98. The maximum Gasteiger partial charge on any atom is 0.131 e. The summed E-state index contributed by atoms with van der Waals surface area (Å²) >= 11 is 10.1. The van der Waals surface area contributed by atoms with E-state index < -0.39 is 0 Å². The number of aromatic nitrogens is 1. The first kappa shape index (κ1) is 19.1. The Hall–Kier alpha value is -1.92. The summed E-state index contributed by atoms with van der Waals surface area (Å²) in [5, 5.41) is 6.21. The molecule has 5 rings (SSSR count). The van der Waals surface area contributed by atoms with Crippen molar-refractivity contribution in [1.29, 1.82) is 0 Å². The molecule has 1 aliphatic carbocycles. The lowest BCUT2D eigenvalue weighted by Gasteiger charge is -2.16. The molecular formula is C23H22ClN3S2. The molecule has 3 nitrogen and oxygen atoms in total. The highest BCUT2D eigenvalue weighted by Crippen LogP contribution is 2.48. The molecule has 6 heteroatoms. The first-order valence-corrected chi connectivity index (χ1v) is 12.0. The molecule has 0 bridgehead atoms. The van der Waals surface area contributed by atoms with Crippen molar-refractivity contribution in [2.45, 2.75) is 37.8 Å². The summed E-state index contributed by atoms with van der Waals surface area (Å²) in [6.07, 6.45) is 3.41. The monoisotopic (exact) mass is 439 g/mol. The van der Waals surface area contributed by atoms with E-state index in [9.17, 15) is 0 Å². The van der Waals surface area contributed by atoms with Gasteiger partial charge in [-0.25, -0.2) is 4.98 Å². The van der Waals surface area contributed by atoms with Gasteiger partial charge in [-0.1, -0.05) is 54.4 Å². The van der Waals surface area contributed by atoms with Crippen molar-refractivity contribution in [3.63, 3.8) is 0 Å². The number of nitrogens with one attached hydrogen (secondary N) is 1. The van der Waals surface area contributed by atoms with Crippen molar-refractivity contribution in [3.8, 4) is 11.1 Å². The van der Waals surface area contributed by atoms with Crippen molar-refractivity contribution < 1.29 is 0 Å². The van der Waals surface area contributed by atoms with Crippen molar-refractivity contribution >= 4 is 50.2 Å². The Kier molecular flexibility index (Phi) is 5.31. The summed E-state index contributed by atoms with van der Waals surface area (Å²) in [7, 11) is 0. The Labute approximate surface area is 183 Å². The van der Waals surface area contributed by atoms with Gasteiger partial charge in [0.15, 0.2) is 0 Å². The first-order valence-electron chi connectivity index (χ1n) is 9.91. The van der Waals surface area contributed by atoms with Crippen LogP contribution in [0.15, 0.2) is 53.9 Å². The SMILES string of the molecule is N[C@@H]1CCC[C@H]1c1sc2c(NCc3cccs3)cc(Cl)nc2c1-c1ccccc1. The van der Waals surface area contributed by atoms with E-state index in [-0.39, 0.29) is 6.04 Å². The van der Waals surface area contributed by atoms with Crippen molar-refractivity contribution in [3.05, 3.63) is 68.8 Å². The van der Waals surface area contributed by atoms with Gasteiger partial charge in [-0.2, -0.15) is 0 Å². The van der Waals surface area contributed by atoms with Crippen LogP contribution in [0.3, 0.4) is 0 Å². The molecule has 0 saturated heterocycles.